The topological polar surface area (TPSA) is 121 Å². The van der Waals surface area contributed by atoms with Crippen LogP contribution in [0.3, 0.4) is 0 Å². The van der Waals surface area contributed by atoms with E-state index in [1.54, 1.807) is 0 Å². The van der Waals surface area contributed by atoms with E-state index in [9.17, 15) is 9.90 Å². The molecule has 0 aromatic rings. The minimum absolute atomic E-state index is 0. The van der Waals surface area contributed by atoms with Gasteiger partial charge in [0.15, 0.2) is 0 Å². The Morgan fingerprint density at radius 3 is 2.00 bits per heavy atom. The maximum Gasteiger partial charge on any atom is 1.00 e. The van der Waals surface area contributed by atoms with Crippen LogP contribution in [0, 0.1) is 0 Å². The molecule has 0 aliphatic carbocycles. The zero-order chi connectivity index (χ0) is 9.02. The van der Waals surface area contributed by atoms with E-state index in [2.05, 4.69) is 0 Å². The van der Waals surface area contributed by atoms with Crippen LogP contribution in [-0.4, -0.2) is 51.3 Å². The fourth-order valence-electron chi connectivity index (χ4n) is 0.458. The van der Waals surface area contributed by atoms with E-state index < -0.39 is 30.9 Å². The van der Waals surface area contributed by atoms with Gasteiger partial charge in [-0.2, -0.15) is 0 Å². The molecule has 7 heteroatoms. The third kappa shape index (κ3) is 4.85. The molecule has 0 rings (SSSR count). The zero-order valence-electron chi connectivity index (χ0n) is 6.54. The molecule has 66 valence electrons. The molecule has 0 bridgehead atoms. The summed E-state index contributed by atoms with van der Waals surface area (Å²) in [5, 5.41) is 43.8. The van der Waals surface area contributed by atoms with E-state index in [1.165, 1.54) is 0 Å². The van der Waals surface area contributed by atoms with Crippen molar-refractivity contribution < 1.29 is 81.7 Å². The monoisotopic (exact) mass is 204 g/mol. The molecule has 0 radical (unpaired) electrons. The first kappa shape index (κ1) is 15.4. The summed E-state index contributed by atoms with van der Waals surface area (Å²) in [7, 11) is 0. The van der Waals surface area contributed by atoms with E-state index in [0.29, 0.717) is 0 Å². The molecule has 0 aromatic carbocycles. The summed E-state index contributed by atoms with van der Waals surface area (Å²) in [6, 6.07) is 0. The van der Waals surface area contributed by atoms with Crippen LogP contribution in [0.1, 0.15) is 0 Å². The Morgan fingerprint density at radius 2 is 1.75 bits per heavy atom. The van der Waals surface area contributed by atoms with E-state index >= 15 is 0 Å². The third-order valence-electron chi connectivity index (χ3n) is 1.15. The van der Waals surface area contributed by atoms with E-state index in [0.717, 1.165) is 0 Å². The molecule has 0 aliphatic heterocycles. The predicted octanol–water partition coefficient (Wildman–Crippen LogP) is -7.18. The molecule has 0 amide bonds. The molecule has 0 spiro atoms. The molecule has 3 atom stereocenters. The Morgan fingerprint density at radius 1 is 1.33 bits per heavy atom. The first-order chi connectivity index (χ1) is 5.00. The van der Waals surface area contributed by atoms with E-state index in [4.69, 9.17) is 20.4 Å². The molecule has 6 nitrogen and oxygen atoms in total. The van der Waals surface area contributed by atoms with Gasteiger partial charge >= 0.3 is 51.4 Å². The second kappa shape index (κ2) is 7.36. The van der Waals surface area contributed by atoms with Crippen molar-refractivity contribution in [3.05, 3.63) is 0 Å². The summed E-state index contributed by atoms with van der Waals surface area (Å²) in [4.78, 5) is 9.85. The smallest absolute Gasteiger partial charge is 0.547 e. The number of carbonyl (C=O) groups is 1. The second-order valence-electron chi connectivity index (χ2n) is 2.00. The first-order valence-corrected chi connectivity index (χ1v) is 2.86. The van der Waals surface area contributed by atoms with Crippen LogP contribution in [0.15, 0.2) is 0 Å². The molecule has 0 unspecified atom stereocenters. The quantitative estimate of drug-likeness (QED) is 0.338. The summed E-state index contributed by atoms with van der Waals surface area (Å²) >= 11 is 0. The van der Waals surface area contributed by atoms with Gasteiger partial charge in [0.2, 0.25) is 0 Å². The molecule has 0 saturated heterocycles. The largest absolute Gasteiger partial charge is 1.00 e. The van der Waals surface area contributed by atoms with Gasteiger partial charge in [-0.15, -0.1) is 0 Å². The zero-order valence-corrected chi connectivity index (χ0v) is 9.67. The number of hydrogen-bond acceptors (Lipinski definition) is 6. The van der Waals surface area contributed by atoms with Crippen molar-refractivity contribution in [3.63, 3.8) is 0 Å². The Kier molecular flexibility index (Phi) is 9.46. The maximum absolute atomic E-state index is 9.85. The average Bonchev–Trinajstić information content (AvgIpc) is 2.00. The van der Waals surface area contributed by atoms with Crippen LogP contribution in [0.5, 0.6) is 0 Å². The Hall–Kier alpha value is 0.946. The van der Waals surface area contributed by atoms with Crippen molar-refractivity contribution in [1.82, 2.24) is 0 Å². The number of aliphatic hydroxyl groups excluding tert-OH is 4. The van der Waals surface area contributed by atoms with Gasteiger partial charge in [0.05, 0.1) is 12.6 Å². The molecular formula is C5H9KO6. The van der Waals surface area contributed by atoms with Crippen molar-refractivity contribution in [1.29, 1.82) is 0 Å². The van der Waals surface area contributed by atoms with Crippen LogP contribution in [0.4, 0.5) is 0 Å². The Balaban J connectivity index is 0. The van der Waals surface area contributed by atoms with Crippen LogP contribution in [0.2, 0.25) is 0 Å². The van der Waals surface area contributed by atoms with Crippen molar-refractivity contribution in [2.24, 2.45) is 0 Å². The summed E-state index contributed by atoms with van der Waals surface area (Å²) in [6.07, 6.45) is -5.79. The van der Waals surface area contributed by atoms with Gasteiger partial charge in [0.25, 0.3) is 0 Å². The fraction of sp³-hybridized carbons (Fsp3) is 0.800. The predicted molar refractivity (Wildman–Crippen MR) is 30.1 cm³/mol. The minimum atomic E-state index is -2.18. The van der Waals surface area contributed by atoms with Crippen LogP contribution >= 0.6 is 0 Å². The van der Waals surface area contributed by atoms with E-state index in [-0.39, 0.29) is 51.4 Å². The standard InChI is InChI=1S/C5H10O6.K/c6-1-2(7)3(8)4(9)5(10)11;/h2-4,6-9H,1H2,(H,10,11);/q;+1/p-1/t2-,3+,4+;/m1./s1. The number of rotatable bonds is 4. The fourth-order valence-corrected chi connectivity index (χ4v) is 0.458. The molecular weight excluding hydrogens is 195 g/mol. The number of aliphatic carboxylic acids is 1. The molecule has 0 heterocycles. The normalized spacial score (nSPS) is 17.3. The van der Waals surface area contributed by atoms with Gasteiger partial charge in [0.1, 0.15) is 18.3 Å². The summed E-state index contributed by atoms with van der Waals surface area (Å²) in [5.41, 5.74) is 0. The summed E-state index contributed by atoms with van der Waals surface area (Å²) in [6.45, 7) is -0.828. The molecule has 4 N–H and O–H groups in total. The number of carbonyl (C=O) groups excluding carboxylic acids is 1. The minimum Gasteiger partial charge on any atom is -0.547 e. The van der Waals surface area contributed by atoms with Crippen LogP contribution in [-0.2, 0) is 4.79 Å². The molecule has 0 saturated carbocycles. The van der Waals surface area contributed by atoms with Crippen molar-refractivity contribution in [2.45, 2.75) is 18.3 Å². The van der Waals surface area contributed by atoms with Gasteiger partial charge in [-0.1, -0.05) is 0 Å². The summed E-state index contributed by atoms with van der Waals surface area (Å²) in [5.74, 6) is -1.90. The van der Waals surface area contributed by atoms with Gasteiger partial charge in [-0.05, 0) is 0 Å². The molecule has 0 aliphatic rings. The molecule has 0 aromatic heterocycles. The average molecular weight is 204 g/mol. The van der Waals surface area contributed by atoms with Crippen LogP contribution in [0.25, 0.3) is 0 Å². The number of hydrogen-bond donors (Lipinski definition) is 4. The Labute approximate surface area is 111 Å². The summed E-state index contributed by atoms with van der Waals surface area (Å²) < 4.78 is 0. The Bertz CT molecular complexity index is 140. The number of aliphatic hydroxyl groups is 4. The van der Waals surface area contributed by atoms with Crippen molar-refractivity contribution >= 4 is 5.97 Å². The SMILES string of the molecule is O=C([O-])[C@@H](O)[C@@H](O)[C@H](O)CO.[K+]. The van der Waals surface area contributed by atoms with Crippen molar-refractivity contribution in [3.8, 4) is 0 Å². The number of carboxylic acid groups (broad SMARTS) is 1. The first-order valence-electron chi connectivity index (χ1n) is 2.86. The number of carboxylic acids is 1. The van der Waals surface area contributed by atoms with Crippen LogP contribution < -0.4 is 56.5 Å². The maximum atomic E-state index is 9.85. The van der Waals surface area contributed by atoms with Crippen molar-refractivity contribution in [2.75, 3.05) is 6.61 Å². The molecule has 12 heavy (non-hydrogen) atoms. The van der Waals surface area contributed by atoms with Gasteiger partial charge in [0, 0.05) is 0 Å². The van der Waals surface area contributed by atoms with Gasteiger partial charge in [-0.3, -0.25) is 0 Å². The molecule has 0 fully saturated rings. The third-order valence-corrected chi connectivity index (χ3v) is 1.15. The van der Waals surface area contributed by atoms with E-state index in [1.807, 2.05) is 0 Å². The van der Waals surface area contributed by atoms with Gasteiger partial charge < -0.3 is 30.3 Å². The van der Waals surface area contributed by atoms with Gasteiger partial charge in [-0.25, -0.2) is 0 Å². The second-order valence-corrected chi connectivity index (χ2v) is 2.00.